The highest BCUT2D eigenvalue weighted by molar-refractivity contribution is 9.10. The number of hydrogen-bond acceptors (Lipinski definition) is 1. The predicted octanol–water partition coefficient (Wildman–Crippen LogP) is 5.29. The Kier molecular flexibility index (Phi) is 5.54. The number of aryl methyl sites for hydroxylation is 2. The highest BCUT2D eigenvalue weighted by Gasteiger charge is 2.16. The molecule has 112 valence electrons. The fourth-order valence-electron chi connectivity index (χ4n) is 2.54. The molecule has 1 atom stereocenters. The SMILES string of the molecule is CCCNC(c1ccc(Br)c(F)c1)c1ccc(C)cc1C. The summed E-state index contributed by atoms with van der Waals surface area (Å²) in [5.41, 5.74) is 4.63. The highest BCUT2D eigenvalue weighted by Crippen LogP contribution is 2.28. The van der Waals surface area contributed by atoms with E-state index in [0.717, 1.165) is 18.5 Å². The molecule has 3 heteroatoms. The molecular weight excluding hydrogens is 329 g/mol. The van der Waals surface area contributed by atoms with Crippen molar-refractivity contribution in [1.29, 1.82) is 0 Å². The average molecular weight is 350 g/mol. The van der Waals surface area contributed by atoms with E-state index in [-0.39, 0.29) is 11.9 Å². The van der Waals surface area contributed by atoms with E-state index in [1.54, 1.807) is 12.1 Å². The Hall–Kier alpha value is -1.19. The molecule has 0 aromatic heterocycles. The molecule has 21 heavy (non-hydrogen) atoms. The van der Waals surface area contributed by atoms with Gasteiger partial charge in [0.15, 0.2) is 0 Å². The molecule has 0 aliphatic carbocycles. The maximum Gasteiger partial charge on any atom is 0.137 e. The minimum Gasteiger partial charge on any atom is -0.306 e. The lowest BCUT2D eigenvalue weighted by Gasteiger charge is -2.22. The van der Waals surface area contributed by atoms with Crippen LogP contribution in [-0.2, 0) is 0 Å². The normalized spacial score (nSPS) is 12.4. The van der Waals surface area contributed by atoms with Gasteiger partial charge in [-0.25, -0.2) is 4.39 Å². The van der Waals surface area contributed by atoms with Crippen LogP contribution < -0.4 is 5.32 Å². The van der Waals surface area contributed by atoms with Gasteiger partial charge in [-0.1, -0.05) is 36.8 Å². The monoisotopic (exact) mass is 349 g/mol. The third-order valence-corrected chi connectivity index (χ3v) is 4.25. The maximum absolute atomic E-state index is 13.9. The third kappa shape index (κ3) is 3.92. The molecule has 1 N–H and O–H groups in total. The maximum atomic E-state index is 13.9. The molecule has 0 saturated heterocycles. The van der Waals surface area contributed by atoms with Gasteiger partial charge in [0.05, 0.1) is 10.5 Å². The first-order valence-corrected chi connectivity index (χ1v) is 8.07. The second-order valence-corrected chi connectivity index (χ2v) is 6.28. The summed E-state index contributed by atoms with van der Waals surface area (Å²) in [6.07, 6.45) is 1.04. The lowest BCUT2D eigenvalue weighted by Crippen LogP contribution is -2.24. The first kappa shape index (κ1) is 16.2. The topological polar surface area (TPSA) is 12.0 Å². The Morgan fingerprint density at radius 2 is 1.90 bits per heavy atom. The van der Waals surface area contributed by atoms with E-state index in [4.69, 9.17) is 0 Å². The van der Waals surface area contributed by atoms with Crippen LogP contribution in [0.1, 0.15) is 41.6 Å². The lowest BCUT2D eigenvalue weighted by molar-refractivity contribution is 0.581. The summed E-state index contributed by atoms with van der Waals surface area (Å²) in [5.74, 6) is -0.222. The zero-order chi connectivity index (χ0) is 15.4. The van der Waals surface area contributed by atoms with Crippen molar-refractivity contribution in [2.75, 3.05) is 6.54 Å². The van der Waals surface area contributed by atoms with Gasteiger partial charge in [0, 0.05) is 0 Å². The van der Waals surface area contributed by atoms with E-state index >= 15 is 0 Å². The molecule has 0 fully saturated rings. The Labute approximate surface area is 134 Å². The van der Waals surface area contributed by atoms with Gasteiger partial charge in [0.25, 0.3) is 0 Å². The summed E-state index contributed by atoms with van der Waals surface area (Å²) < 4.78 is 14.4. The summed E-state index contributed by atoms with van der Waals surface area (Å²) in [6.45, 7) is 7.23. The smallest absolute Gasteiger partial charge is 0.137 e. The number of nitrogens with one attached hydrogen (secondary N) is 1. The number of rotatable bonds is 5. The Balaban J connectivity index is 2.44. The van der Waals surface area contributed by atoms with Crippen molar-refractivity contribution in [3.63, 3.8) is 0 Å². The quantitative estimate of drug-likeness (QED) is 0.772. The van der Waals surface area contributed by atoms with Crippen LogP contribution in [0.25, 0.3) is 0 Å². The molecule has 0 spiro atoms. The molecule has 0 amide bonds. The molecule has 0 saturated carbocycles. The van der Waals surface area contributed by atoms with Crippen molar-refractivity contribution in [3.05, 3.63) is 68.9 Å². The van der Waals surface area contributed by atoms with Gasteiger partial charge in [-0.05, 0) is 71.6 Å². The van der Waals surface area contributed by atoms with E-state index in [9.17, 15) is 4.39 Å². The molecule has 2 aromatic carbocycles. The fourth-order valence-corrected chi connectivity index (χ4v) is 2.78. The van der Waals surface area contributed by atoms with Crippen LogP contribution in [0, 0.1) is 19.7 Å². The second kappa shape index (κ2) is 7.19. The van der Waals surface area contributed by atoms with E-state index in [2.05, 4.69) is 60.2 Å². The minimum absolute atomic E-state index is 0.0214. The molecule has 0 aliphatic heterocycles. The summed E-state index contributed by atoms with van der Waals surface area (Å²) in [4.78, 5) is 0. The van der Waals surface area contributed by atoms with Gasteiger partial charge in [-0.3, -0.25) is 0 Å². The molecule has 0 radical (unpaired) electrons. The van der Waals surface area contributed by atoms with Crippen LogP contribution in [-0.4, -0.2) is 6.54 Å². The van der Waals surface area contributed by atoms with Crippen LogP contribution in [0.2, 0.25) is 0 Å². The van der Waals surface area contributed by atoms with Crippen molar-refractivity contribution in [1.82, 2.24) is 5.32 Å². The van der Waals surface area contributed by atoms with Gasteiger partial charge in [-0.2, -0.15) is 0 Å². The summed E-state index contributed by atoms with van der Waals surface area (Å²) in [6, 6.07) is 11.8. The highest BCUT2D eigenvalue weighted by atomic mass is 79.9. The van der Waals surface area contributed by atoms with Crippen LogP contribution in [0.4, 0.5) is 4.39 Å². The van der Waals surface area contributed by atoms with Crippen molar-refractivity contribution in [2.45, 2.75) is 33.2 Å². The Bertz CT molecular complexity index is 625. The van der Waals surface area contributed by atoms with Crippen molar-refractivity contribution >= 4 is 15.9 Å². The predicted molar refractivity (Wildman–Crippen MR) is 90.2 cm³/mol. The van der Waals surface area contributed by atoms with Gasteiger partial charge in [0.2, 0.25) is 0 Å². The molecule has 0 bridgehead atoms. The number of halogens is 2. The Morgan fingerprint density at radius 3 is 2.52 bits per heavy atom. The van der Waals surface area contributed by atoms with Gasteiger partial charge >= 0.3 is 0 Å². The van der Waals surface area contributed by atoms with Crippen molar-refractivity contribution in [3.8, 4) is 0 Å². The van der Waals surface area contributed by atoms with Crippen LogP contribution >= 0.6 is 15.9 Å². The molecule has 2 rings (SSSR count). The van der Waals surface area contributed by atoms with E-state index in [1.807, 2.05) is 6.07 Å². The standard InChI is InChI=1S/C18H21BrFN/c1-4-9-21-18(14-6-8-16(19)17(20)11-14)15-7-5-12(2)10-13(15)3/h5-8,10-11,18,21H,4,9H2,1-3H3. The second-order valence-electron chi connectivity index (χ2n) is 5.42. The first-order valence-electron chi connectivity index (χ1n) is 7.28. The molecule has 2 aromatic rings. The summed E-state index contributed by atoms with van der Waals surface area (Å²) in [5, 5.41) is 3.53. The van der Waals surface area contributed by atoms with Gasteiger partial charge in [-0.15, -0.1) is 0 Å². The first-order chi connectivity index (χ1) is 10.0. The summed E-state index contributed by atoms with van der Waals surface area (Å²) >= 11 is 3.22. The average Bonchev–Trinajstić information content (AvgIpc) is 2.44. The summed E-state index contributed by atoms with van der Waals surface area (Å²) in [7, 11) is 0. The van der Waals surface area contributed by atoms with Crippen molar-refractivity contribution < 1.29 is 4.39 Å². The molecule has 0 aliphatic rings. The van der Waals surface area contributed by atoms with Crippen molar-refractivity contribution in [2.24, 2.45) is 0 Å². The fraction of sp³-hybridized carbons (Fsp3) is 0.333. The van der Waals surface area contributed by atoms with E-state index in [1.165, 1.54) is 16.7 Å². The third-order valence-electron chi connectivity index (χ3n) is 3.61. The van der Waals surface area contributed by atoms with Gasteiger partial charge < -0.3 is 5.32 Å². The van der Waals surface area contributed by atoms with Crippen LogP contribution in [0.5, 0.6) is 0 Å². The molecule has 0 heterocycles. The zero-order valence-corrected chi connectivity index (χ0v) is 14.3. The van der Waals surface area contributed by atoms with E-state index < -0.39 is 0 Å². The number of hydrogen-bond donors (Lipinski definition) is 1. The molecule has 1 nitrogen and oxygen atoms in total. The van der Waals surface area contributed by atoms with Gasteiger partial charge in [0.1, 0.15) is 5.82 Å². The largest absolute Gasteiger partial charge is 0.306 e. The molecule has 1 unspecified atom stereocenters. The Morgan fingerprint density at radius 1 is 1.14 bits per heavy atom. The van der Waals surface area contributed by atoms with Crippen LogP contribution in [0.3, 0.4) is 0 Å². The number of benzene rings is 2. The minimum atomic E-state index is -0.222. The molecular formula is C18H21BrFN. The van der Waals surface area contributed by atoms with E-state index in [0.29, 0.717) is 4.47 Å². The zero-order valence-electron chi connectivity index (χ0n) is 12.7. The van der Waals surface area contributed by atoms with Crippen LogP contribution in [0.15, 0.2) is 40.9 Å². The lowest BCUT2D eigenvalue weighted by atomic mass is 9.93.